The first-order valence-corrected chi connectivity index (χ1v) is 7.08. The largest absolute Gasteiger partial charge is 0.396 e. The quantitative estimate of drug-likeness (QED) is 0.929. The molecule has 17 heavy (non-hydrogen) atoms. The number of piperidine rings is 1. The molecule has 1 saturated heterocycles. The number of aliphatic hydroxyl groups is 1. The molecule has 0 bridgehead atoms. The van der Waals surface area contributed by atoms with Crippen molar-refractivity contribution in [2.24, 2.45) is 0 Å². The van der Waals surface area contributed by atoms with Gasteiger partial charge in [0.25, 0.3) is 0 Å². The SMILES string of the molecule is OCCC1CCCCN1c1ncc(Cl)cc1Br. The predicted octanol–water partition coefficient (Wildman–Crippen LogP) is 3.24. The summed E-state index contributed by atoms with van der Waals surface area (Å²) in [5, 5.41) is 9.75. The van der Waals surface area contributed by atoms with Crippen molar-refractivity contribution in [1.82, 2.24) is 4.98 Å². The van der Waals surface area contributed by atoms with E-state index in [0.717, 1.165) is 29.7 Å². The zero-order valence-electron chi connectivity index (χ0n) is 9.57. The van der Waals surface area contributed by atoms with E-state index >= 15 is 0 Å². The van der Waals surface area contributed by atoms with Crippen LogP contribution in [0.3, 0.4) is 0 Å². The highest BCUT2D eigenvalue weighted by Crippen LogP contribution is 2.31. The Morgan fingerprint density at radius 3 is 3.06 bits per heavy atom. The van der Waals surface area contributed by atoms with E-state index in [2.05, 4.69) is 25.8 Å². The van der Waals surface area contributed by atoms with Crippen molar-refractivity contribution in [2.45, 2.75) is 31.7 Å². The second-order valence-corrected chi connectivity index (χ2v) is 5.61. The van der Waals surface area contributed by atoms with Gasteiger partial charge < -0.3 is 10.0 Å². The molecule has 1 atom stereocenters. The minimum atomic E-state index is 0.229. The van der Waals surface area contributed by atoms with Crippen molar-refractivity contribution in [3.63, 3.8) is 0 Å². The van der Waals surface area contributed by atoms with Gasteiger partial charge in [-0.1, -0.05) is 11.6 Å². The van der Waals surface area contributed by atoms with Crippen molar-refractivity contribution >= 4 is 33.3 Å². The molecular weight excluding hydrogens is 304 g/mol. The number of anilines is 1. The molecule has 0 radical (unpaired) electrons. The third-order valence-electron chi connectivity index (χ3n) is 3.15. The average molecular weight is 320 g/mol. The second-order valence-electron chi connectivity index (χ2n) is 4.31. The number of pyridine rings is 1. The van der Waals surface area contributed by atoms with Crippen LogP contribution in [0.25, 0.3) is 0 Å². The summed E-state index contributed by atoms with van der Waals surface area (Å²) < 4.78 is 0.926. The van der Waals surface area contributed by atoms with Gasteiger partial charge in [0.1, 0.15) is 5.82 Å². The van der Waals surface area contributed by atoms with Gasteiger partial charge in [0.05, 0.1) is 9.50 Å². The fraction of sp³-hybridized carbons (Fsp3) is 0.583. The first kappa shape index (κ1) is 13.1. The molecule has 0 aromatic carbocycles. The Morgan fingerprint density at radius 1 is 1.53 bits per heavy atom. The van der Waals surface area contributed by atoms with Crippen LogP contribution in [0.4, 0.5) is 5.82 Å². The molecule has 1 unspecified atom stereocenters. The number of hydrogen-bond acceptors (Lipinski definition) is 3. The maximum Gasteiger partial charge on any atom is 0.143 e. The van der Waals surface area contributed by atoms with E-state index < -0.39 is 0 Å². The zero-order valence-corrected chi connectivity index (χ0v) is 11.9. The third kappa shape index (κ3) is 3.12. The van der Waals surface area contributed by atoms with Crippen LogP contribution >= 0.6 is 27.5 Å². The van der Waals surface area contributed by atoms with Crippen LogP contribution in [0.5, 0.6) is 0 Å². The van der Waals surface area contributed by atoms with Crippen LogP contribution in [0.1, 0.15) is 25.7 Å². The summed E-state index contributed by atoms with van der Waals surface area (Å²) >= 11 is 9.41. The first-order chi connectivity index (χ1) is 8.22. The highest BCUT2D eigenvalue weighted by atomic mass is 79.9. The number of aliphatic hydroxyl groups excluding tert-OH is 1. The maximum absolute atomic E-state index is 9.12. The van der Waals surface area contributed by atoms with E-state index in [4.69, 9.17) is 16.7 Å². The Bertz CT molecular complexity index is 387. The van der Waals surface area contributed by atoms with Crippen LogP contribution in [0.15, 0.2) is 16.7 Å². The van der Waals surface area contributed by atoms with Crippen molar-refractivity contribution in [3.8, 4) is 0 Å². The normalized spacial score (nSPS) is 20.6. The van der Waals surface area contributed by atoms with Gasteiger partial charge in [-0.3, -0.25) is 0 Å². The molecule has 3 nitrogen and oxygen atoms in total. The van der Waals surface area contributed by atoms with Crippen LogP contribution in [0.2, 0.25) is 5.02 Å². The van der Waals surface area contributed by atoms with Crippen LogP contribution in [0, 0.1) is 0 Å². The highest BCUT2D eigenvalue weighted by Gasteiger charge is 2.24. The highest BCUT2D eigenvalue weighted by molar-refractivity contribution is 9.10. The van der Waals surface area contributed by atoms with E-state index in [1.807, 2.05) is 6.07 Å². The molecule has 0 saturated carbocycles. The molecule has 94 valence electrons. The van der Waals surface area contributed by atoms with Crippen molar-refractivity contribution in [3.05, 3.63) is 21.8 Å². The molecule has 1 aliphatic rings. The van der Waals surface area contributed by atoms with E-state index in [-0.39, 0.29) is 6.61 Å². The zero-order chi connectivity index (χ0) is 12.3. The molecule has 1 fully saturated rings. The molecule has 1 aromatic rings. The van der Waals surface area contributed by atoms with Gasteiger partial charge in [-0.2, -0.15) is 0 Å². The van der Waals surface area contributed by atoms with Gasteiger partial charge in [-0.15, -0.1) is 0 Å². The Labute approximate surface area is 115 Å². The first-order valence-electron chi connectivity index (χ1n) is 5.91. The van der Waals surface area contributed by atoms with Gasteiger partial charge in [-0.05, 0) is 47.7 Å². The summed E-state index contributed by atoms with van der Waals surface area (Å²) in [7, 11) is 0. The number of rotatable bonds is 3. The van der Waals surface area contributed by atoms with E-state index in [0.29, 0.717) is 11.1 Å². The monoisotopic (exact) mass is 318 g/mol. The van der Waals surface area contributed by atoms with Crippen LogP contribution < -0.4 is 4.90 Å². The van der Waals surface area contributed by atoms with Crippen molar-refractivity contribution < 1.29 is 5.11 Å². The maximum atomic E-state index is 9.12. The molecule has 1 aliphatic heterocycles. The topological polar surface area (TPSA) is 36.4 Å². The van der Waals surface area contributed by atoms with E-state index in [1.165, 1.54) is 12.8 Å². The molecule has 0 spiro atoms. The summed E-state index contributed by atoms with van der Waals surface area (Å²) in [5.41, 5.74) is 0. The predicted molar refractivity (Wildman–Crippen MR) is 73.6 cm³/mol. The summed E-state index contributed by atoms with van der Waals surface area (Å²) in [5.74, 6) is 0.938. The van der Waals surface area contributed by atoms with Gasteiger partial charge in [0, 0.05) is 25.4 Å². The van der Waals surface area contributed by atoms with Crippen LogP contribution in [-0.2, 0) is 0 Å². The van der Waals surface area contributed by atoms with E-state index in [1.54, 1.807) is 6.20 Å². The molecule has 2 heterocycles. The minimum absolute atomic E-state index is 0.229. The molecule has 0 amide bonds. The van der Waals surface area contributed by atoms with Crippen LogP contribution in [-0.4, -0.2) is 29.3 Å². The van der Waals surface area contributed by atoms with Crippen molar-refractivity contribution in [1.29, 1.82) is 0 Å². The summed E-state index contributed by atoms with van der Waals surface area (Å²) in [6.45, 7) is 1.23. The van der Waals surface area contributed by atoms with Gasteiger partial charge in [0.2, 0.25) is 0 Å². The Kier molecular flexibility index (Phi) is 4.65. The lowest BCUT2D eigenvalue weighted by Gasteiger charge is -2.37. The third-order valence-corrected chi connectivity index (χ3v) is 3.94. The van der Waals surface area contributed by atoms with Gasteiger partial charge >= 0.3 is 0 Å². The number of halogens is 2. The second kappa shape index (κ2) is 6.03. The van der Waals surface area contributed by atoms with Gasteiger partial charge in [-0.25, -0.2) is 4.98 Å². The fourth-order valence-electron chi connectivity index (χ4n) is 2.35. The number of aromatic nitrogens is 1. The van der Waals surface area contributed by atoms with Gasteiger partial charge in [0.15, 0.2) is 0 Å². The molecular formula is C12H16BrClN2O. The minimum Gasteiger partial charge on any atom is -0.396 e. The molecule has 1 N–H and O–H groups in total. The number of hydrogen-bond donors (Lipinski definition) is 1. The average Bonchev–Trinajstić information content (AvgIpc) is 2.31. The molecule has 5 heteroatoms. The smallest absolute Gasteiger partial charge is 0.143 e. The molecule has 1 aromatic heterocycles. The number of nitrogens with zero attached hydrogens (tertiary/aromatic N) is 2. The lowest BCUT2D eigenvalue weighted by molar-refractivity contribution is 0.262. The summed E-state index contributed by atoms with van der Waals surface area (Å²) in [4.78, 5) is 6.68. The lowest BCUT2D eigenvalue weighted by Crippen LogP contribution is -2.40. The Balaban J connectivity index is 2.23. The Morgan fingerprint density at radius 2 is 2.35 bits per heavy atom. The standard InChI is InChI=1S/C12H16BrClN2O/c13-11-7-9(14)8-15-12(11)16-5-2-1-3-10(16)4-6-17/h7-8,10,17H,1-6H2. The van der Waals surface area contributed by atoms with Crippen molar-refractivity contribution in [2.75, 3.05) is 18.1 Å². The lowest BCUT2D eigenvalue weighted by atomic mass is 9.99. The fourth-order valence-corrected chi connectivity index (χ4v) is 3.21. The van der Waals surface area contributed by atoms with E-state index in [9.17, 15) is 0 Å². The molecule has 0 aliphatic carbocycles. The summed E-state index contributed by atoms with van der Waals surface area (Å²) in [6.07, 6.45) is 6.01. The Hall–Kier alpha value is -0.320. The molecule has 2 rings (SSSR count). The summed E-state index contributed by atoms with van der Waals surface area (Å²) in [6, 6.07) is 2.26.